The van der Waals surface area contributed by atoms with Crippen LogP contribution in [0.15, 0.2) is 29.1 Å². The number of hydrogen-bond donors (Lipinski definition) is 1. The summed E-state index contributed by atoms with van der Waals surface area (Å²) in [7, 11) is 0. The van der Waals surface area contributed by atoms with E-state index in [9.17, 15) is 9.59 Å². The van der Waals surface area contributed by atoms with Gasteiger partial charge in [0, 0.05) is 18.0 Å². The second-order valence-electron chi connectivity index (χ2n) is 7.71. The standard InChI is InChI=1S/C21H28N2O2/c1-14(2)10-11-23-19(20(24)22-17-6-4-5-7-17)13-16-9-8-15(3)12-18(16)21(23)25/h8-9,12-14,17H,4-7,10-11H2,1-3H3,(H,22,24). The predicted octanol–water partition coefficient (Wildman–Crippen LogP) is 4.03. The van der Waals surface area contributed by atoms with Crippen LogP contribution in [0.25, 0.3) is 10.8 Å². The molecular weight excluding hydrogens is 312 g/mol. The maximum atomic E-state index is 13.0. The van der Waals surface area contributed by atoms with E-state index in [4.69, 9.17) is 0 Å². The van der Waals surface area contributed by atoms with E-state index in [0.29, 0.717) is 23.5 Å². The van der Waals surface area contributed by atoms with Crippen LogP contribution in [0.5, 0.6) is 0 Å². The van der Waals surface area contributed by atoms with Gasteiger partial charge in [0.05, 0.1) is 0 Å². The van der Waals surface area contributed by atoms with Gasteiger partial charge in [-0.1, -0.05) is 44.4 Å². The molecule has 1 saturated carbocycles. The van der Waals surface area contributed by atoms with Crippen LogP contribution in [-0.4, -0.2) is 16.5 Å². The monoisotopic (exact) mass is 340 g/mol. The van der Waals surface area contributed by atoms with Crippen molar-refractivity contribution in [2.75, 3.05) is 0 Å². The summed E-state index contributed by atoms with van der Waals surface area (Å²) < 4.78 is 1.67. The van der Waals surface area contributed by atoms with Gasteiger partial charge in [-0.15, -0.1) is 0 Å². The molecular formula is C21H28N2O2. The number of carbonyl (C=O) groups excluding carboxylic acids is 1. The van der Waals surface area contributed by atoms with E-state index in [1.807, 2.05) is 31.2 Å². The lowest BCUT2D eigenvalue weighted by Gasteiger charge is -2.18. The van der Waals surface area contributed by atoms with Gasteiger partial charge in [-0.3, -0.25) is 9.59 Å². The van der Waals surface area contributed by atoms with Gasteiger partial charge in [-0.2, -0.15) is 0 Å². The molecule has 0 radical (unpaired) electrons. The Morgan fingerprint density at radius 2 is 1.96 bits per heavy atom. The quantitative estimate of drug-likeness (QED) is 0.893. The van der Waals surface area contributed by atoms with Crippen molar-refractivity contribution in [2.24, 2.45) is 5.92 Å². The minimum atomic E-state index is -0.116. The van der Waals surface area contributed by atoms with E-state index in [2.05, 4.69) is 19.2 Å². The number of fused-ring (bicyclic) bond motifs is 1. The molecule has 0 atom stereocenters. The Morgan fingerprint density at radius 1 is 1.24 bits per heavy atom. The molecule has 1 aromatic carbocycles. The number of benzene rings is 1. The van der Waals surface area contributed by atoms with Crippen molar-refractivity contribution in [1.82, 2.24) is 9.88 Å². The van der Waals surface area contributed by atoms with Crippen LogP contribution in [0.1, 0.15) is 62.0 Å². The van der Waals surface area contributed by atoms with Crippen LogP contribution < -0.4 is 10.9 Å². The summed E-state index contributed by atoms with van der Waals surface area (Å²) in [4.78, 5) is 25.9. The van der Waals surface area contributed by atoms with Crippen molar-refractivity contribution in [2.45, 2.75) is 65.5 Å². The fourth-order valence-electron chi connectivity index (χ4n) is 3.59. The van der Waals surface area contributed by atoms with Crippen molar-refractivity contribution in [3.8, 4) is 0 Å². The molecule has 1 heterocycles. The van der Waals surface area contributed by atoms with Crippen molar-refractivity contribution in [3.05, 3.63) is 45.9 Å². The molecule has 0 aliphatic heterocycles. The molecule has 2 aromatic rings. The highest BCUT2D eigenvalue weighted by Gasteiger charge is 2.21. The van der Waals surface area contributed by atoms with Crippen molar-refractivity contribution < 1.29 is 4.79 Å². The van der Waals surface area contributed by atoms with Crippen LogP contribution in [0.4, 0.5) is 0 Å². The Kier molecular flexibility index (Phi) is 5.26. The van der Waals surface area contributed by atoms with E-state index in [1.165, 1.54) is 12.8 Å². The molecule has 0 saturated heterocycles. The minimum Gasteiger partial charge on any atom is -0.348 e. The number of amides is 1. The van der Waals surface area contributed by atoms with Crippen LogP contribution >= 0.6 is 0 Å². The SMILES string of the molecule is Cc1ccc2cc(C(=O)NC3CCCC3)n(CCC(C)C)c(=O)c2c1. The summed E-state index contributed by atoms with van der Waals surface area (Å²) in [5, 5.41) is 4.66. The van der Waals surface area contributed by atoms with Gasteiger partial charge in [0.2, 0.25) is 0 Å². The molecule has 1 amide bonds. The molecule has 0 unspecified atom stereocenters. The topological polar surface area (TPSA) is 51.1 Å². The van der Waals surface area contributed by atoms with Gasteiger partial charge in [-0.05, 0) is 49.6 Å². The number of pyridine rings is 1. The summed E-state index contributed by atoms with van der Waals surface area (Å²) >= 11 is 0. The van der Waals surface area contributed by atoms with Crippen molar-refractivity contribution in [1.29, 1.82) is 0 Å². The summed E-state index contributed by atoms with van der Waals surface area (Å²) in [5.41, 5.74) is 1.50. The second kappa shape index (κ2) is 7.42. The average Bonchev–Trinajstić information content (AvgIpc) is 3.07. The molecule has 1 aliphatic carbocycles. The maximum Gasteiger partial charge on any atom is 0.268 e. The molecule has 1 aliphatic rings. The number of hydrogen-bond acceptors (Lipinski definition) is 2. The smallest absolute Gasteiger partial charge is 0.268 e. The number of nitrogens with zero attached hydrogens (tertiary/aromatic N) is 1. The fraction of sp³-hybridized carbons (Fsp3) is 0.524. The number of rotatable bonds is 5. The Balaban J connectivity index is 2.04. The normalized spacial score (nSPS) is 15.2. The van der Waals surface area contributed by atoms with Gasteiger partial charge in [0.15, 0.2) is 0 Å². The third-order valence-electron chi connectivity index (χ3n) is 5.12. The Bertz CT molecular complexity index is 830. The first-order chi connectivity index (χ1) is 12.0. The van der Waals surface area contributed by atoms with Crippen LogP contribution in [-0.2, 0) is 6.54 Å². The van der Waals surface area contributed by atoms with E-state index >= 15 is 0 Å². The molecule has 4 heteroatoms. The molecule has 0 bridgehead atoms. The highest BCUT2D eigenvalue weighted by molar-refractivity contribution is 5.97. The van der Waals surface area contributed by atoms with E-state index < -0.39 is 0 Å². The zero-order valence-electron chi connectivity index (χ0n) is 15.5. The number of carbonyl (C=O) groups is 1. The predicted molar refractivity (Wildman–Crippen MR) is 102 cm³/mol. The van der Waals surface area contributed by atoms with Gasteiger partial charge < -0.3 is 9.88 Å². The highest BCUT2D eigenvalue weighted by Crippen LogP contribution is 2.19. The first-order valence-corrected chi connectivity index (χ1v) is 9.41. The lowest BCUT2D eigenvalue weighted by molar-refractivity contribution is 0.0926. The highest BCUT2D eigenvalue weighted by atomic mass is 16.2. The number of aryl methyl sites for hydroxylation is 1. The number of nitrogens with one attached hydrogen (secondary N) is 1. The molecule has 3 rings (SSSR count). The molecule has 0 spiro atoms. The maximum absolute atomic E-state index is 13.0. The van der Waals surface area contributed by atoms with Crippen LogP contribution in [0.2, 0.25) is 0 Å². The average molecular weight is 340 g/mol. The third kappa shape index (κ3) is 3.94. The largest absolute Gasteiger partial charge is 0.348 e. The van der Waals surface area contributed by atoms with Gasteiger partial charge in [-0.25, -0.2) is 0 Å². The third-order valence-corrected chi connectivity index (χ3v) is 5.12. The van der Waals surface area contributed by atoms with Crippen LogP contribution in [0.3, 0.4) is 0 Å². The molecule has 25 heavy (non-hydrogen) atoms. The summed E-state index contributed by atoms with van der Waals surface area (Å²) in [5.74, 6) is 0.362. The van der Waals surface area contributed by atoms with Crippen molar-refractivity contribution in [3.63, 3.8) is 0 Å². The molecule has 4 nitrogen and oxygen atoms in total. The summed E-state index contributed by atoms with van der Waals surface area (Å²) in [6.45, 7) is 6.83. The van der Waals surface area contributed by atoms with E-state index in [0.717, 1.165) is 30.2 Å². The molecule has 1 aromatic heterocycles. The first-order valence-electron chi connectivity index (χ1n) is 9.41. The van der Waals surface area contributed by atoms with Gasteiger partial charge in [0.25, 0.3) is 11.5 Å². The van der Waals surface area contributed by atoms with Crippen LogP contribution in [0, 0.1) is 12.8 Å². The first kappa shape index (κ1) is 17.7. The molecule has 134 valence electrons. The Morgan fingerprint density at radius 3 is 2.64 bits per heavy atom. The zero-order chi connectivity index (χ0) is 18.0. The lowest BCUT2D eigenvalue weighted by Crippen LogP contribution is -2.37. The zero-order valence-corrected chi connectivity index (χ0v) is 15.5. The summed E-state index contributed by atoms with van der Waals surface area (Å²) in [6, 6.07) is 7.96. The van der Waals surface area contributed by atoms with E-state index in [-0.39, 0.29) is 17.5 Å². The summed E-state index contributed by atoms with van der Waals surface area (Å²) in [6.07, 6.45) is 5.29. The Labute approximate surface area is 149 Å². The second-order valence-corrected chi connectivity index (χ2v) is 7.71. The lowest BCUT2D eigenvalue weighted by atomic mass is 10.1. The van der Waals surface area contributed by atoms with Gasteiger partial charge in [0.1, 0.15) is 5.69 Å². The van der Waals surface area contributed by atoms with Gasteiger partial charge >= 0.3 is 0 Å². The molecule has 1 fully saturated rings. The minimum absolute atomic E-state index is 0.0570. The molecule has 1 N–H and O–H groups in total. The van der Waals surface area contributed by atoms with E-state index in [1.54, 1.807) is 4.57 Å². The van der Waals surface area contributed by atoms with Crippen molar-refractivity contribution >= 4 is 16.7 Å². The fourth-order valence-corrected chi connectivity index (χ4v) is 3.59. The Hall–Kier alpha value is -2.10. The number of aromatic nitrogens is 1.